The monoisotopic (exact) mass is 346 g/mol. The molecule has 0 bridgehead atoms. The van der Waals surface area contributed by atoms with Gasteiger partial charge in [-0.15, -0.1) is 0 Å². The van der Waals surface area contributed by atoms with Gasteiger partial charge < -0.3 is 9.88 Å². The van der Waals surface area contributed by atoms with Crippen LogP contribution in [0.4, 0.5) is 11.4 Å². The van der Waals surface area contributed by atoms with Gasteiger partial charge in [0.2, 0.25) is 5.91 Å². The van der Waals surface area contributed by atoms with Gasteiger partial charge in [-0.05, 0) is 29.0 Å². The number of imidazole rings is 1. The van der Waals surface area contributed by atoms with Gasteiger partial charge in [-0.3, -0.25) is 14.9 Å². The molecule has 0 fully saturated rings. The average molecular weight is 346 g/mol. The number of nitro benzene ring substituents is 1. The van der Waals surface area contributed by atoms with Crippen molar-refractivity contribution < 1.29 is 9.72 Å². The summed E-state index contributed by atoms with van der Waals surface area (Å²) in [5.74, 6) is -0.280. The Morgan fingerprint density at radius 1 is 1.08 bits per heavy atom. The number of rotatable bonds is 4. The largest absolute Gasteiger partial charge is 0.325 e. The first-order valence-electron chi connectivity index (χ1n) is 7.99. The van der Waals surface area contributed by atoms with Crippen LogP contribution >= 0.6 is 0 Å². The maximum atomic E-state index is 12.4. The Bertz CT molecular complexity index is 1150. The Hall–Kier alpha value is -3.74. The number of fused-ring (bicyclic) bond motifs is 2. The number of nitro groups is 1. The number of anilines is 1. The van der Waals surface area contributed by atoms with Crippen LogP contribution in [0.5, 0.6) is 0 Å². The first-order chi connectivity index (χ1) is 12.6. The molecule has 0 spiro atoms. The van der Waals surface area contributed by atoms with Crippen LogP contribution < -0.4 is 5.32 Å². The fourth-order valence-electron chi connectivity index (χ4n) is 3.00. The minimum atomic E-state index is -0.470. The van der Waals surface area contributed by atoms with Crippen LogP contribution in [-0.4, -0.2) is 20.4 Å². The highest BCUT2D eigenvalue weighted by Crippen LogP contribution is 2.25. The van der Waals surface area contributed by atoms with E-state index in [1.807, 2.05) is 42.5 Å². The van der Waals surface area contributed by atoms with Gasteiger partial charge in [-0.25, -0.2) is 4.98 Å². The molecule has 0 atom stereocenters. The predicted octanol–water partition coefficient (Wildman–Crippen LogP) is 3.74. The maximum Gasteiger partial charge on any atom is 0.295 e. The van der Waals surface area contributed by atoms with Crippen LogP contribution in [0, 0.1) is 10.1 Å². The second kappa shape index (κ2) is 6.29. The highest BCUT2D eigenvalue weighted by atomic mass is 16.6. The highest BCUT2D eigenvalue weighted by Gasteiger charge is 2.17. The van der Waals surface area contributed by atoms with Gasteiger partial charge in [0.05, 0.1) is 16.8 Å². The van der Waals surface area contributed by atoms with E-state index >= 15 is 0 Å². The van der Waals surface area contributed by atoms with Crippen LogP contribution in [0.15, 0.2) is 67.0 Å². The minimum absolute atomic E-state index is 0.0613. The molecule has 1 N–H and O–H groups in total. The molecule has 0 saturated heterocycles. The van der Waals surface area contributed by atoms with Crippen LogP contribution in [0.2, 0.25) is 0 Å². The number of carbonyl (C=O) groups excluding carboxylic acids is 1. The Balaban J connectivity index is 1.60. The van der Waals surface area contributed by atoms with Gasteiger partial charge in [0.15, 0.2) is 0 Å². The summed E-state index contributed by atoms with van der Waals surface area (Å²) >= 11 is 0. The number of benzene rings is 3. The number of nitrogens with one attached hydrogen (secondary N) is 1. The van der Waals surface area contributed by atoms with Crippen molar-refractivity contribution in [3.8, 4) is 0 Å². The first kappa shape index (κ1) is 15.8. The fraction of sp³-hybridized carbons (Fsp3) is 0.0526. The Kier molecular flexibility index (Phi) is 3.81. The number of aromatic nitrogens is 2. The molecule has 0 aliphatic heterocycles. The van der Waals surface area contributed by atoms with E-state index in [1.165, 1.54) is 17.0 Å². The zero-order valence-corrected chi connectivity index (χ0v) is 13.6. The molecule has 0 radical (unpaired) electrons. The molecule has 26 heavy (non-hydrogen) atoms. The molecule has 4 aromatic rings. The van der Waals surface area contributed by atoms with Crippen molar-refractivity contribution in [2.75, 3.05) is 5.32 Å². The molecule has 7 nitrogen and oxygen atoms in total. The lowest BCUT2D eigenvalue weighted by Crippen LogP contribution is -2.18. The Morgan fingerprint density at radius 2 is 1.88 bits per heavy atom. The predicted molar refractivity (Wildman–Crippen MR) is 99.0 cm³/mol. The average Bonchev–Trinajstić information content (AvgIpc) is 3.04. The number of non-ortho nitro benzene ring substituents is 1. The van der Waals surface area contributed by atoms with Gasteiger partial charge in [-0.1, -0.05) is 36.4 Å². The van der Waals surface area contributed by atoms with Crippen molar-refractivity contribution in [1.82, 2.24) is 9.55 Å². The van der Waals surface area contributed by atoms with Gasteiger partial charge in [0.25, 0.3) is 5.69 Å². The van der Waals surface area contributed by atoms with E-state index in [2.05, 4.69) is 10.3 Å². The summed E-state index contributed by atoms with van der Waals surface area (Å²) in [4.78, 5) is 27.3. The fourth-order valence-corrected chi connectivity index (χ4v) is 3.00. The molecule has 7 heteroatoms. The Labute approximate surface area is 148 Å². The lowest BCUT2D eigenvalue weighted by atomic mass is 10.1. The van der Waals surface area contributed by atoms with Gasteiger partial charge in [0.1, 0.15) is 12.1 Å². The maximum absolute atomic E-state index is 12.4. The molecule has 0 aliphatic carbocycles. The van der Waals surface area contributed by atoms with Gasteiger partial charge in [0, 0.05) is 11.8 Å². The summed E-state index contributed by atoms with van der Waals surface area (Å²) in [5, 5.41) is 16.2. The van der Waals surface area contributed by atoms with E-state index in [4.69, 9.17) is 0 Å². The number of amides is 1. The lowest BCUT2D eigenvalue weighted by Gasteiger charge is -2.08. The van der Waals surface area contributed by atoms with Crippen molar-refractivity contribution >= 4 is 39.1 Å². The Morgan fingerprint density at radius 3 is 2.69 bits per heavy atom. The third kappa shape index (κ3) is 2.86. The lowest BCUT2D eigenvalue weighted by molar-refractivity contribution is -0.383. The molecule has 0 aliphatic rings. The molecular formula is C19H14N4O3. The zero-order chi connectivity index (χ0) is 18.1. The SMILES string of the molecule is O=C(Cn1cnc2cccc([N+](=O)[O-])c21)Nc1ccc2ccccc2c1. The van der Waals surface area contributed by atoms with E-state index in [-0.39, 0.29) is 18.1 Å². The topological polar surface area (TPSA) is 90.1 Å². The second-order valence-corrected chi connectivity index (χ2v) is 5.88. The first-order valence-corrected chi connectivity index (χ1v) is 7.99. The van der Waals surface area contributed by atoms with Crippen LogP contribution in [-0.2, 0) is 11.3 Å². The number of nitrogens with zero attached hydrogens (tertiary/aromatic N) is 3. The molecule has 128 valence electrons. The molecule has 1 aromatic heterocycles. The van der Waals surface area contributed by atoms with E-state index in [0.29, 0.717) is 16.7 Å². The van der Waals surface area contributed by atoms with E-state index in [0.717, 1.165) is 10.8 Å². The number of para-hydroxylation sites is 1. The summed E-state index contributed by atoms with van der Waals surface area (Å²) in [6.07, 6.45) is 1.44. The summed E-state index contributed by atoms with van der Waals surface area (Å²) in [6, 6.07) is 18.2. The van der Waals surface area contributed by atoms with Gasteiger partial charge >= 0.3 is 0 Å². The van der Waals surface area contributed by atoms with Crippen LogP contribution in [0.3, 0.4) is 0 Å². The summed E-state index contributed by atoms with van der Waals surface area (Å²) in [6.45, 7) is -0.0613. The van der Waals surface area contributed by atoms with Crippen LogP contribution in [0.1, 0.15) is 0 Å². The standard InChI is InChI=1S/C19H14N4O3/c24-18(21-15-9-8-13-4-1-2-5-14(13)10-15)11-22-12-20-16-6-3-7-17(19(16)22)23(25)26/h1-10,12H,11H2,(H,21,24). The van der Waals surface area contributed by atoms with Crippen molar-refractivity contribution in [2.24, 2.45) is 0 Å². The van der Waals surface area contributed by atoms with Crippen molar-refractivity contribution in [2.45, 2.75) is 6.54 Å². The normalized spacial score (nSPS) is 10.9. The van der Waals surface area contributed by atoms with Crippen molar-refractivity contribution in [3.63, 3.8) is 0 Å². The van der Waals surface area contributed by atoms with E-state index in [9.17, 15) is 14.9 Å². The quantitative estimate of drug-likeness (QED) is 0.450. The molecule has 1 heterocycles. The summed E-state index contributed by atoms with van der Waals surface area (Å²) in [5.41, 5.74) is 1.43. The number of hydrogen-bond acceptors (Lipinski definition) is 4. The highest BCUT2D eigenvalue weighted by molar-refractivity contribution is 5.95. The molecular weight excluding hydrogens is 332 g/mol. The molecule has 4 rings (SSSR count). The van der Waals surface area contributed by atoms with Gasteiger partial charge in [-0.2, -0.15) is 0 Å². The molecule has 3 aromatic carbocycles. The van der Waals surface area contributed by atoms with Crippen LogP contribution in [0.25, 0.3) is 21.8 Å². The summed E-state index contributed by atoms with van der Waals surface area (Å²) < 4.78 is 1.49. The van der Waals surface area contributed by atoms with E-state index < -0.39 is 4.92 Å². The molecule has 0 unspecified atom stereocenters. The number of hydrogen-bond donors (Lipinski definition) is 1. The van der Waals surface area contributed by atoms with E-state index in [1.54, 1.807) is 12.1 Å². The number of carbonyl (C=O) groups is 1. The molecule has 0 saturated carbocycles. The van der Waals surface area contributed by atoms with Crippen molar-refractivity contribution in [3.05, 3.63) is 77.1 Å². The second-order valence-electron chi connectivity index (χ2n) is 5.88. The third-order valence-corrected chi connectivity index (χ3v) is 4.16. The zero-order valence-electron chi connectivity index (χ0n) is 13.6. The smallest absolute Gasteiger partial charge is 0.295 e. The molecule has 1 amide bonds. The van der Waals surface area contributed by atoms with Crippen molar-refractivity contribution in [1.29, 1.82) is 0 Å². The minimum Gasteiger partial charge on any atom is -0.325 e. The summed E-state index contributed by atoms with van der Waals surface area (Å²) in [7, 11) is 0. The third-order valence-electron chi connectivity index (χ3n) is 4.16.